The molecule has 1 fully saturated rings. The summed E-state index contributed by atoms with van der Waals surface area (Å²) in [5, 5.41) is 0. The third-order valence-electron chi connectivity index (χ3n) is 5.87. The zero-order chi connectivity index (χ0) is 17.5. The summed E-state index contributed by atoms with van der Waals surface area (Å²) in [5.74, 6) is 1.11. The molecule has 0 aromatic heterocycles. The molecule has 0 unspecified atom stereocenters. The summed E-state index contributed by atoms with van der Waals surface area (Å²) in [6.07, 6.45) is 11.3. The van der Waals surface area contributed by atoms with Crippen molar-refractivity contribution in [3.05, 3.63) is 65.2 Å². The van der Waals surface area contributed by atoms with Gasteiger partial charge in [-0.3, -0.25) is 0 Å². The number of benzene rings is 2. The summed E-state index contributed by atoms with van der Waals surface area (Å²) < 4.78 is 6.31. The van der Waals surface area contributed by atoms with Crippen molar-refractivity contribution in [2.45, 2.75) is 45.7 Å². The van der Waals surface area contributed by atoms with Gasteiger partial charge in [0, 0.05) is 0 Å². The fourth-order valence-electron chi connectivity index (χ4n) is 4.42. The van der Waals surface area contributed by atoms with Crippen LogP contribution in [0.2, 0.25) is 0 Å². The second kappa shape index (κ2) is 8.86. The third-order valence-corrected chi connectivity index (χ3v) is 11.1. The Labute approximate surface area is 154 Å². The van der Waals surface area contributed by atoms with Gasteiger partial charge in [0.1, 0.15) is 0 Å². The summed E-state index contributed by atoms with van der Waals surface area (Å²) in [6, 6.07) is 17.6. The van der Waals surface area contributed by atoms with E-state index in [1.165, 1.54) is 61.5 Å². The second-order valence-corrected chi connectivity index (χ2v) is 12.7. The van der Waals surface area contributed by atoms with Crippen LogP contribution in [0.4, 0.5) is 0 Å². The minimum atomic E-state index is -1.29. The number of rotatable bonds is 6. The van der Waals surface area contributed by atoms with E-state index in [0.29, 0.717) is 0 Å². The molecule has 1 aliphatic rings. The van der Waals surface area contributed by atoms with Crippen molar-refractivity contribution >= 4 is 7.26 Å². The monoisotopic (exact) mass is 356 g/mol. The summed E-state index contributed by atoms with van der Waals surface area (Å²) in [5.41, 5.74) is 4.07. The fourth-order valence-corrected chi connectivity index (χ4v) is 9.34. The Balaban J connectivity index is 1.69. The molecule has 0 bridgehead atoms. The molecule has 1 aliphatic heterocycles. The third kappa shape index (κ3) is 5.08. The molecule has 0 atom stereocenters. The normalized spacial score (nSPS) is 18.3. The van der Waals surface area contributed by atoms with Gasteiger partial charge in [0.05, 0.1) is 0 Å². The maximum absolute atomic E-state index is 6.31. The quantitative estimate of drug-likeness (QED) is 0.559. The molecule has 25 heavy (non-hydrogen) atoms. The first-order valence-corrected chi connectivity index (χ1v) is 12.7. The molecular formula is C23H33OP. The molecule has 0 aliphatic carbocycles. The van der Waals surface area contributed by atoms with Crippen molar-refractivity contribution in [1.29, 1.82) is 0 Å². The topological polar surface area (TPSA) is 9.23 Å². The van der Waals surface area contributed by atoms with E-state index in [4.69, 9.17) is 4.74 Å². The van der Waals surface area contributed by atoms with Crippen LogP contribution in [-0.2, 0) is 6.16 Å². The molecular weight excluding hydrogens is 323 g/mol. The van der Waals surface area contributed by atoms with Gasteiger partial charge in [-0.15, -0.1) is 0 Å². The molecule has 1 saturated heterocycles. The predicted molar refractivity (Wildman–Crippen MR) is 113 cm³/mol. The van der Waals surface area contributed by atoms with Crippen molar-refractivity contribution in [2.75, 3.05) is 25.1 Å². The van der Waals surface area contributed by atoms with Crippen LogP contribution in [0.25, 0.3) is 0 Å². The van der Waals surface area contributed by atoms with Crippen LogP contribution < -0.4 is 4.74 Å². The number of para-hydroxylation sites is 1. The van der Waals surface area contributed by atoms with Crippen LogP contribution in [0.5, 0.6) is 5.75 Å². The molecule has 1 nitrogen and oxygen atoms in total. The number of hydrogen-bond donors (Lipinski definition) is 0. The summed E-state index contributed by atoms with van der Waals surface area (Å²) >= 11 is 0. The summed E-state index contributed by atoms with van der Waals surface area (Å²) in [6.45, 7) is 5.21. The number of ether oxygens (including phenoxy) is 1. The van der Waals surface area contributed by atoms with Crippen LogP contribution >= 0.6 is 7.26 Å². The predicted octanol–water partition coefficient (Wildman–Crippen LogP) is 6.21. The van der Waals surface area contributed by atoms with Gasteiger partial charge in [-0.2, -0.15) is 0 Å². The van der Waals surface area contributed by atoms with Gasteiger partial charge in [-0.25, -0.2) is 0 Å². The standard InChI is InChI=1S/C23H33OP/c1-20-11-10-12-21(2)23(20)24-15-18-25(16-8-3-4-9-17-25)19-22-13-6-5-7-14-22/h5-7,10-14,25H,3-4,8-9,15-19H2,1-2H3. The van der Waals surface area contributed by atoms with E-state index in [1.807, 2.05) is 0 Å². The van der Waals surface area contributed by atoms with Crippen LogP contribution in [0, 0.1) is 13.8 Å². The Morgan fingerprint density at radius 1 is 0.800 bits per heavy atom. The number of hydrogen-bond acceptors (Lipinski definition) is 1. The first-order valence-electron chi connectivity index (χ1n) is 9.92. The minimum absolute atomic E-state index is 0.894. The average molecular weight is 356 g/mol. The van der Waals surface area contributed by atoms with Crippen LogP contribution in [0.3, 0.4) is 0 Å². The van der Waals surface area contributed by atoms with E-state index >= 15 is 0 Å². The van der Waals surface area contributed by atoms with E-state index in [0.717, 1.165) is 12.4 Å². The molecule has 2 heteroatoms. The summed E-state index contributed by atoms with van der Waals surface area (Å²) in [4.78, 5) is 0. The molecule has 1 heterocycles. The molecule has 2 aromatic carbocycles. The SMILES string of the molecule is Cc1cccc(C)c1OCC[PH]1(Cc2ccccc2)CCCCCC1. The van der Waals surface area contributed by atoms with Crippen LogP contribution in [0.15, 0.2) is 48.5 Å². The average Bonchev–Trinajstić information content (AvgIpc) is 2.84. The molecule has 0 saturated carbocycles. The van der Waals surface area contributed by atoms with E-state index in [2.05, 4.69) is 62.4 Å². The zero-order valence-corrected chi connectivity index (χ0v) is 16.9. The Bertz CT molecular complexity index is 637. The van der Waals surface area contributed by atoms with Crippen LogP contribution in [0.1, 0.15) is 42.4 Å². The first kappa shape index (κ1) is 18.5. The van der Waals surface area contributed by atoms with Crippen LogP contribution in [-0.4, -0.2) is 25.1 Å². The molecule has 3 rings (SSSR count). The van der Waals surface area contributed by atoms with Crippen molar-refractivity contribution in [1.82, 2.24) is 0 Å². The molecule has 0 amide bonds. The fraction of sp³-hybridized carbons (Fsp3) is 0.478. The van der Waals surface area contributed by atoms with Gasteiger partial charge in [0.25, 0.3) is 0 Å². The Morgan fingerprint density at radius 2 is 1.44 bits per heavy atom. The Hall–Kier alpha value is -1.33. The van der Waals surface area contributed by atoms with Gasteiger partial charge >= 0.3 is 154 Å². The van der Waals surface area contributed by atoms with Crippen molar-refractivity contribution in [2.24, 2.45) is 0 Å². The molecule has 0 spiro atoms. The van der Waals surface area contributed by atoms with Crippen molar-refractivity contribution in [3.63, 3.8) is 0 Å². The van der Waals surface area contributed by atoms with E-state index in [-0.39, 0.29) is 0 Å². The van der Waals surface area contributed by atoms with Gasteiger partial charge < -0.3 is 0 Å². The molecule has 0 radical (unpaired) electrons. The Morgan fingerprint density at radius 3 is 2.08 bits per heavy atom. The molecule has 0 N–H and O–H groups in total. The Kier molecular flexibility index (Phi) is 6.54. The van der Waals surface area contributed by atoms with E-state index in [9.17, 15) is 0 Å². The molecule has 2 aromatic rings. The van der Waals surface area contributed by atoms with Gasteiger partial charge in [-0.05, 0) is 0 Å². The maximum atomic E-state index is 6.31. The van der Waals surface area contributed by atoms with Gasteiger partial charge in [0.2, 0.25) is 0 Å². The second-order valence-electron chi connectivity index (χ2n) is 7.90. The first-order chi connectivity index (χ1) is 12.2. The van der Waals surface area contributed by atoms with Gasteiger partial charge in [0.15, 0.2) is 0 Å². The van der Waals surface area contributed by atoms with E-state index < -0.39 is 7.26 Å². The van der Waals surface area contributed by atoms with Crippen molar-refractivity contribution in [3.8, 4) is 5.75 Å². The van der Waals surface area contributed by atoms with Gasteiger partial charge in [-0.1, -0.05) is 0 Å². The molecule has 136 valence electrons. The number of aryl methyl sites for hydroxylation is 2. The van der Waals surface area contributed by atoms with Crippen molar-refractivity contribution < 1.29 is 4.74 Å². The van der Waals surface area contributed by atoms with E-state index in [1.54, 1.807) is 5.56 Å². The zero-order valence-electron chi connectivity index (χ0n) is 15.9. The summed E-state index contributed by atoms with van der Waals surface area (Å²) in [7, 11) is -1.29.